The fourth-order valence-corrected chi connectivity index (χ4v) is 3.26. The molecule has 1 amide bonds. The standard InChI is InChI=1S/C19H16FN3O2/c1-25-12-7-8-13(15(20)9-12)14-10-16(24)21-19-17(14)18(22-23-19)11-5-3-2-4-6-11/h2-9,14H,10H2,1H3,(H2,21,22,23,24). The van der Waals surface area contributed by atoms with E-state index < -0.39 is 11.7 Å². The summed E-state index contributed by atoms with van der Waals surface area (Å²) in [6, 6.07) is 14.4. The Morgan fingerprint density at radius 3 is 2.72 bits per heavy atom. The molecule has 5 nitrogen and oxygen atoms in total. The van der Waals surface area contributed by atoms with Crippen LogP contribution in [0.3, 0.4) is 0 Å². The number of halogens is 1. The number of H-pyrrole nitrogens is 1. The molecule has 1 atom stereocenters. The van der Waals surface area contributed by atoms with Gasteiger partial charge in [-0.25, -0.2) is 4.39 Å². The average Bonchev–Trinajstić information content (AvgIpc) is 3.05. The number of amides is 1. The first kappa shape index (κ1) is 15.4. The highest BCUT2D eigenvalue weighted by molar-refractivity contribution is 5.96. The molecule has 126 valence electrons. The number of carbonyl (C=O) groups excluding carboxylic acids is 1. The van der Waals surface area contributed by atoms with Crippen molar-refractivity contribution in [3.8, 4) is 17.0 Å². The van der Waals surface area contributed by atoms with Crippen LogP contribution in [0.2, 0.25) is 0 Å². The van der Waals surface area contributed by atoms with Crippen molar-refractivity contribution in [2.45, 2.75) is 12.3 Å². The lowest BCUT2D eigenvalue weighted by atomic mass is 9.84. The first-order valence-corrected chi connectivity index (χ1v) is 7.94. The van der Waals surface area contributed by atoms with E-state index in [4.69, 9.17) is 4.74 Å². The molecule has 3 aromatic rings. The van der Waals surface area contributed by atoms with E-state index in [1.54, 1.807) is 12.1 Å². The second kappa shape index (κ2) is 6.05. The zero-order valence-electron chi connectivity index (χ0n) is 13.5. The molecule has 0 saturated carbocycles. The lowest BCUT2D eigenvalue weighted by molar-refractivity contribution is -0.116. The zero-order valence-corrected chi connectivity index (χ0v) is 13.5. The second-order valence-electron chi connectivity index (χ2n) is 5.92. The van der Waals surface area contributed by atoms with Gasteiger partial charge in [0.2, 0.25) is 5.91 Å². The van der Waals surface area contributed by atoms with Gasteiger partial charge in [0.1, 0.15) is 11.6 Å². The SMILES string of the molecule is COc1ccc(C2CC(=O)Nc3n[nH]c(-c4ccccc4)c32)c(F)c1. The minimum absolute atomic E-state index is 0.162. The van der Waals surface area contributed by atoms with Crippen molar-refractivity contribution in [1.82, 2.24) is 10.2 Å². The summed E-state index contributed by atoms with van der Waals surface area (Å²) in [6.07, 6.45) is 0.162. The Morgan fingerprint density at radius 2 is 2.00 bits per heavy atom. The van der Waals surface area contributed by atoms with E-state index in [1.807, 2.05) is 30.3 Å². The van der Waals surface area contributed by atoms with Gasteiger partial charge in [0.05, 0.1) is 12.8 Å². The molecule has 1 aliphatic rings. The minimum Gasteiger partial charge on any atom is -0.497 e. The van der Waals surface area contributed by atoms with Crippen molar-refractivity contribution in [2.24, 2.45) is 0 Å². The summed E-state index contributed by atoms with van der Waals surface area (Å²) in [6.45, 7) is 0. The number of rotatable bonds is 3. The Kier molecular flexibility index (Phi) is 3.72. The van der Waals surface area contributed by atoms with Crippen LogP contribution in [0.5, 0.6) is 5.75 Å². The van der Waals surface area contributed by atoms with E-state index in [0.29, 0.717) is 17.1 Å². The first-order valence-electron chi connectivity index (χ1n) is 7.94. The van der Waals surface area contributed by atoms with Crippen LogP contribution in [0.15, 0.2) is 48.5 Å². The summed E-state index contributed by atoms with van der Waals surface area (Å²) >= 11 is 0. The highest BCUT2D eigenvalue weighted by atomic mass is 19.1. The maximum absolute atomic E-state index is 14.6. The number of nitrogens with zero attached hydrogens (tertiary/aromatic N) is 1. The summed E-state index contributed by atoms with van der Waals surface area (Å²) < 4.78 is 19.7. The second-order valence-corrected chi connectivity index (χ2v) is 5.92. The van der Waals surface area contributed by atoms with Crippen LogP contribution < -0.4 is 10.1 Å². The molecule has 2 N–H and O–H groups in total. The Labute approximate surface area is 143 Å². The molecule has 0 fully saturated rings. The van der Waals surface area contributed by atoms with Gasteiger partial charge in [0.15, 0.2) is 5.82 Å². The minimum atomic E-state index is -0.413. The number of benzene rings is 2. The van der Waals surface area contributed by atoms with Crippen LogP contribution >= 0.6 is 0 Å². The molecule has 0 bridgehead atoms. The van der Waals surface area contributed by atoms with E-state index in [9.17, 15) is 9.18 Å². The van der Waals surface area contributed by atoms with Crippen molar-refractivity contribution in [2.75, 3.05) is 12.4 Å². The van der Waals surface area contributed by atoms with Gasteiger partial charge in [-0.15, -0.1) is 0 Å². The number of anilines is 1. The van der Waals surface area contributed by atoms with E-state index in [1.165, 1.54) is 13.2 Å². The summed E-state index contributed by atoms with van der Waals surface area (Å²) in [4.78, 5) is 12.1. The fraction of sp³-hybridized carbons (Fsp3) is 0.158. The molecule has 6 heteroatoms. The maximum Gasteiger partial charge on any atom is 0.226 e. The van der Waals surface area contributed by atoms with E-state index in [-0.39, 0.29) is 12.3 Å². The molecule has 0 aliphatic carbocycles. The summed E-state index contributed by atoms with van der Waals surface area (Å²) in [5.41, 5.74) is 2.98. The quantitative estimate of drug-likeness (QED) is 0.766. The number of fused-ring (bicyclic) bond motifs is 1. The number of carbonyl (C=O) groups is 1. The zero-order chi connectivity index (χ0) is 17.4. The van der Waals surface area contributed by atoms with Crippen molar-refractivity contribution >= 4 is 11.7 Å². The van der Waals surface area contributed by atoms with Crippen LogP contribution in [0.25, 0.3) is 11.3 Å². The maximum atomic E-state index is 14.6. The highest BCUT2D eigenvalue weighted by Gasteiger charge is 2.33. The van der Waals surface area contributed by atoms with E-state index in [0.717, 1.165) is 16.8 Å². The monoisotopic (exact) mass is 337 g/mol. The highest BCUT2D eigenvalue weighted by Crippen LogP contribution is 2.42. The number of hydrogen-bond donors (Lipinski definition) is 2. The van der Waals surface area contributed by atoms with Crippen molar-refractivity contribution in [1.29, 1.82) is 0 Å². The summed E-state index contributed by atoms with van der Waals surface area (Å²) in [5.74, 6) is -0.0971. The molecule has 1 aromatic heterocycles. The predicted octanol–water partition coefficient (Wildman–Crippen LogP) is 3.70. The molecule has 0 saturated heterocycles. The van der Waals surface area contributed by atoms with Gasteiger partial charge in [0.25, 0.3) is 0 Å². The molecule has 1 aliphatic heterocycles. The molecule has 25 heavy (non-hydrogen) atoms. The van der Waals surface area contributed by atoms with Crippen LogP contribution in [0, 0.1) is 5.82 Å². The molecule has 2 aromatic carbocycles. The normalized spacial score (nSPS) is 16.2. The third-order valence-corrected chi connectivity index (χ3v) is 4.45. The van der Waals surface area contributed by atoms with E-state index >= 15 is 0 Å². The lowest BCUT2D eigenvalue weighted by Crippen LogP contribution is -2.24. The van der Waals surface area contributed by atoms with Gasteiger partial charge >= 0.3 is 0 Å². The van der Waals surface area contributed by atoms with Gasteiger partial charge in [-0.1, -0.05) is 36.4 Å². The summed E-state index contributed by atoms with van der Waals surface area (Å²) in [5, 5.41) is 9.96. The van der Waals surface area contributed by atoms with Crippen LogP contribution in [-0.2, 0) is 4.79 Å². The topological polar surface area (TPSA) is 67.0 Å². The first-order chi connectivity index (χ1) is 12.2. The van der Waals surface area contributed by atoms with Crippen molar-refractivity contribution in [3.63, 3.8) is 0 Å². The number of hydrogen-bond acceptors (Lipinski definition) is 3. The molecule has 4 rings (SSSR count). The molecule has 0 spiro atoms. The van der Waals surface area contributed by atoms with Crippen LogP contribution in [0.1, 0.15) is 23.5 Å². The van der Waals surface area contributed by atoms with Gasteiger partial charge < -0.3 is 10.1 Å². The fourth-order valence-electron chi connectivity index (χ4n) is 3.26. The number of methoxy groups -OCH3 is 1. The largest absolute Gasteiger partial charge is 0.497 e. The predicted molar refractivity (Wildman–Crippen MR) is 92.1 cm³/mol. The molecular weight excluding hydrogens is 321 g/mol. The number of nitrogens with one attached hydrogen (secondary N) is 2. The van der Waals surface area contributed by atoms with Crippen molar-refractivity contribution < 1.29 is 13.9 Å². The molecular formula is C19H16FN3O2. The van der Waals surface area contributed by atoms with Gasteiger partial charge in [-0.2, -0.15) is 5.10 Å². The Bertz CT molecular complexity index is 937. The van der Waals surface area contributed by atoms with Gasteiger partial charge in [0, 0.05) is 24.0 Å². The third-order valence-electron chi connectivity index (χ3n) is 4.45. The Hall–Kier alpha value is -3.15. The van der Waals surface area contributed by atoms with Crippen LogP contribution in [-0.4, -0.2) is 23.2 Å². The van der Waals surface area contributed by atoms with Crippen LogP contribution in [0.4, 0.5) is 10.2 Å². The lowest BCUT2D eigenvalue weighted by Gasteiger charge is -2.24. The number of aromatic amines is 1. The van der Waals surface area contributed by atoms with Gasteiger partial charge in [-0.05, 0) is 17.2 Å². The van der Waals surface area contributed by atoms with Gasteiger partial charge in [-0.3, -0.25) is 9.89 Å². The Balaban J connectivity index is 1.87. The average molecular weight is 337 g/mol. The number of ether oxygens (including phenoxy) is 1. The smallest absolute Gasteiger partial charge is 0.226 e. The molecule has 0 radical (unpaired) electrons. The third kappa shape index (κ3) is 2.65. The number of aromatic nitrogens is 2. The molecule has 2 heterocycles. The summed E-state index contributed by atoms with van der Waals surface area (Å²) in [7, 11) is 1.49. The van der Waals surface area contributed by atoms with E-state index in [2.05, 4.69) is 15.5 Å². The van der Waals surface area contributed by atoms with Crippen molar-refractivity contribution in [3.05, 3.63) is 65.5 Å². The molecule has 1 unspecified atom stereocenters. The Morgan fingerprint density at radius 1 is 1.20 bits per heavy atom.